The van der Waals surface area contributed by atoms with Crippen LogP contribution in [0.15, 0.2) is 66.9 Å². The third-order valence-corrected chi connectivity index (χ3v) is 9.25. The van der Waals surface area contributed by atoms with Gasteiger partial charge in [0.05, 0.1) is 17.2 Å². The van der Waals surface area contributed by atoms with E-state index in [1.807, 2.05) is 0 Å². The molecule has 1 N–H and O–H groups in total. The first-order valence-electron chi connectivity index (χ1n) is 15.6. The summed E-state index contributed by atoms with van der Waals surface area (Å²) in [6.07, 6.45) is -6.61. The molecule has 15 heteroatoms. The van der Waals surface area contributed by atoms with Crippen LogP contribution in [0.4, 0.5) is 41.2 Å². The van der Waals surface area contributed by atoms with Crippen LogP contribution in [0, 0.1) is 11.7 Å². The monoisotopic (exact) mass is 693 g/mol. The van der Waals surface area contributed by atoms with E-state index in [0.29, 0.717) is 48.3 Å². The van der Waals surface area contributed by atoms with Crippen LogP contribution in [0.3, 0.4) is 0 Å². The van der Waals surface area contributed by atoms with Crippen molar-refractivity contribution >= 4 is 23.5 Å². The van der Waals surface area contributed by atoms with Gasteiger partial charge in [-0.2, -0.15) is 26.3 Å². The van der Waals surface area contributed by atoms with Gasteiger partial charge in [-0.3, -0.25) is 19.5 Å². The van der Waals surface area contributed by atoms with Crippen LogP contribution in [0.5, 0.6) is 0 Å². The Bertz CT molecular complexity index is 1630. The van der Waals surface area contributed by atoms with Crippen molar-refractivity contribution in [1.29, 1.82) is 0 Å². The summed E-state index contributed by atoms with van der Waals surface area (Å²) in [5.41, 5.74) is -2.85. The van der Waals surface area contributed by atoms with Gasteiger partial charge in [0.2, 0.25) is 5.91 Å². The highest BCUT2D eigenvalue weighted by atomic mass is 19.4. The Labute approximate surface area is 277 Å². The van der Waals surface area contributed by atoms with E-state index in [-0.39, 0.29) is 48.6 Å². The van der Waals surface area contributed by atoms with Crippen molar-refractivity contribution in [1.82, 2.24) is 20.1 Å². The fourth-order valence-corrected chi connectivity index (χ4v) is 6.52. The maximum atomic E-state index is 13.8. The molecule has 0 radical (unpaired) electrons. The van der Waals surface area contributed by atoms with E-state index >= 15 is 0 Å². The van der Waals surface area contributed by atoms with Crippen LogP contribution in [0.1, 0.15) is 58.8 Å². The minimum absolute atomic E-state index is 0.0154. The van der Waals surface area contributed by atoms with Gasteiger partial charge in [-0.1, -0.05) is 18.2 Å². The minimum atomic E-state index is -5.10. The molecule has 2 fully saturated rings. The van der Waals surface area contributed by atoms with E-state index in [0.717, 1.165) is 7.05 Å². The van der Waals surface area contributed by atoms with Crippen molar-refractivity contribution in [2.45, 2.75) is 56.0 Å². The van der Waals surface area contributed by atoms with Gasteiger partial charge in [0, 0.05) is 56.9 Å². The summed E-state index contributed by atoms with van der Waals surface area (Å²) in [7, 11) is 2.44. The van der Waals surface area contributed by atoms with Gasteiger partial charge in [0.15, 0.2) is 0 Å². The molecule has 5 rings (SSSR count). The first-order chi connectivity index (χ1) is 23.0. The summed E-state index contributed by atoms with van der Waals surface area (Å²) in [5.74, 6) is -1.89. The van der Waals surface area contributed by atoms with Gasteiger partial charge in [-0.15, -0.1) is 0 Å². The molecule has 2 atom stereocenters. The second-order valence-corrected chi connectivity index (χ2v) is 12.4. The zero-order valence-electron chi connectivity index (χ0n) is 26.6. The highest BCUT2D eigenvalue weighted by molar-refractivity contribution is 5.93. The third kappa shape index (κ3) is 8.14. The SMILES string of the molecule is CN(C(=O)N(C)[C@@H]1CN(C(=O)C2CCC(NC(=O)c3ccccn3)CC2)C[C@H]1c1ccc(F)cc1)c1cc(C(F)(F)F)cc(C(F)(F)F)c1. The summed E-state index contributed by atoms with van der Waals surface area (Å²) in [4.78, 5) is 47.5. The number of amides is 4. The molecule has 1 saturated heterocycles. The molecule has 0 bridgehead atoms. The number of nitrogens with one attached hydrogen (secondary N) is 1. The zero-order valence-corrected chi connectivity index (χ0v) is 26.6. The van der Waals surface area contributed by atoms with Crippen LogP contribution in [0.25, 0.3) is 0 Å². The quantitative estimate of drug-likeness (QED) is 0.291. The zero-order chi connectivity index (χ0) is 35.7. The van der Waals surface area contributed by atoms with Crippen LogP contribution < -0.4 is 10.2 Å². The number of alkyl halides is 6. The van der Waals surface area contributed by atoms with Crippen molar-refractivity contribution in [3.63, 3.8) is 0 Å². The molecule has 262 valence electrons. The molecule has 49 heavy (non-hydrogen) atoms. The number of pyridine rings is 1. The first-order valence-corrected chi connectivity index (χ1v) is 15.6. The largest absolute Gasteiger partial charge is 0.416 e. The Hall–Kier alpha value is -4.69. The Kier molecular flexibility index (Phi) is 10.2. The topological polar surface area (TPSA) is 85.9 Å². The van der Waals surface area contributed by atoms with E-state index in [1.54, 1.807) is 23.1 Å². The van der Waals surface area contributed by atoms with Crippen molar-refractivity contribution < 1.29 is 45.1 Å². The first kappa shape index (κ1) is 35.6. The van der Waals surface area contributed by atoms with Crippen LogP contribution in [0.2, 0.25) is 0 Å². The number of likely N-dealkylation sites (N-methyl/N-ethyl adjacent to an activating group) is 1. The number of aromatic nitrogens is 1. The van der Waals surface area contributed by atoms with E-state index in [2.05, 4.69) is 10.3 Å². The smallest absolute Gasteiger partial charge is 0.348 e. The standard InChI is InChI=1S/C34H34F7N5O3/c1-44(26-16-22(33(36,37)38)15-23(17-26)34(39,40)41)32(49)45(2)29-19-46(18-27(29)20-6-10-24(35)11-7-20)31(48)21-8-12-25(13-9-21)43-30(47)28-5-3-4-14-42-28/h3-7,10-11,14-17,21,25,27,29H,8-9,12-13,18-19H2,1-2H3,(H,43,47)/t21?,25?,27-,29+/m0/s1. The highest BCUT2D eigenvalue weighted by Gasteiger charge is 2.43. The van der Waals surface area contributed by atoms with Gasteiger partial charge in [0.25, 0.3) is 5.91 Å². The van der Waals surface area contributed by atoms with Crippen molar-refractivity contribution in [3.8, 4) is 0 Å². The lowest BCUT2D eigenvalue weighted by molar-refractivity contribution is -0.143. The molecule has 0 unspecified atom stereocenters. The molecule has 0 spiro atoms. The normalized spacial score (nSPS) is 21.3. The highest BCUT2D eigenvalue weighted by Crippen LogP contribution is 2.39. The number of urea groups is 1. The predicted molar refractivity (Wildman–Crippen MR) is 165 cm³/mol. The van der Waals surface area contributed by atoms with Crippen LogP contribution in [-0.4, -0.2) is 71.9 Å². The molecule has 4 amide bonds. The van der Waals surface area contributed by atoms with Crippen molar-refractivity contribution in [3.05, 3.63) is 95.1 Å². The minimum Gasteiger partial charge on any atom is -0.348 e. The van der Waals surface area contributed by atoms with Gasteiger partial charge < -0.3 is 15.1 Å². The van der Waals surface area contributed by atoms with Crippen molar-refractivity contribution in [2.24, 2.45) is 5.92 Å². The number of rotatable bonds is 6. The van der Waals surface area contributed by atoms with Gasteiger partial charge in [0.1, 0.15) is 11.5 Å². The fourth-order valence-electron chi connectivity index (χ4n) is 6.52. The average Bonchev–Trinajstić information content (AvgIpc) is 3.52. The van der Waals surface area contributed by atoms with E-state index in [1.165, 1.54) is 42.4 Å². The molecule has 1 aromatic heterocycles. The summed E-state index contributed by atoms with van der Waals surface area (Å²) < 4.78 is 95.0. The van der Waals surface area contributed by atoms with Gasteiger partial charge in [-0.05, 0) is 73.7 Å². The van der Waals surface area contributed by atoms with Gasteiger partial charge in [-0.25, -0.2) is 9.18 Å². The number of hydrogen-bond donors (Lipinski definition) is 1. The summed E-state index contributed by atoms with van der Waals surface area (Å²) in [6.45, 7) is 0.179. The second kappa shape index (κ2) is 14.0. The van der Waals surface area contributed by atoms with E-state index in [9.17, 15) is 45.1 Å². The number of anilines is 1. The molecule has 2 aliphatic rings. The molecular weight excluding hydrogens is 659 g/mol. The third-order valence-electron chi connectivity index (χ3n) is 9.25. The lowest BCUT2D eigenvalue weighted by Gasteiger charge is -2.33. The number of carbonyl (C=O) groups excluding carboxylic acids is 3. The van der Waals surface area contributed by atoms with Crippen molar-refractivity contribution in [2.75, 3.05) is 32.1 Å². The number of benzene rings is 2. The average molecular weight is 694 g/mol. The van der Waals surface area contributed by atoms with Crippen LogP contribution in [-0.2, 0) is 17.1 Å². The van der Waals surface area contributed by atoms with E-state index < -0.39 is 53.0 Å². The molecular formula is C34H34F7N5O3. The molecule has 8 nitrogen and oxygen atoms in total. The Balaban J connectivity index is 1.32. The molecule has 1 aliphatic heterocycles. The Morgan fingerprint density at radius 1 is 0.837 bits per heavy atom. The Morgan fingerprint density at radius 3 is 2.00 bits per heavy atom. The second-order valence-electron chi connectivity index (χ2n) is 12.4. The molecule has 1 aliphatic carbocycles. The van der Waals surface area contributed by atoms with E-state index in [4.69, 9.17) is 0 Å². The molecule has 2 aromatic carbocycles. The fraction of sp³-hybridized carbons (Fsp3) is 0.412. The predicted octanol–water partition coefficient (Wildman–Crippen LogP) is 6.73. The summed E-state index contributed by atoms with van der Waals surface area (Å²) in [5, 5.41) is 2.95. The Morgan fingerprint density at radius 2 is 1.45 bits per heavy atom. The van der Waals surface area contributed by atoms with Crippen LogP contribution >= 0.6 is 0 Å². The molecule has 2 heterocycles. The maximum absolute atomic E-state index is 13.8. The number of hydrogen-bond acceptors (Lipinski definition) is 4. The number of nitrogens with zero attached hydrogens (tertiary/aromatic N) is 4. The lowest BCUT2D eigenvalue weighted by Crippen LogP contribution is -2.48. The lowest BCUT2D eigenvalue weighted by atomic mass is 9.85. The summed E-state index contributed by atoms with van der Waals surface area (Å²) in [6, 6.07) is 9.63. The number of carbonyl (C=O) groups is 3. The van der Waals surface area contributed by atoms with Gasteiger partial charge >= 0.3 is 18.4 Å². The molecule has 3 aromatic rings. The number of halogens is 7. The number of likely N-dealkylation sites (tertiary alicyclic amines) is 1. The molecule has 1 saturated carbocycles. The maximum Gasteiger partial charge on any atom is 0.416 e. The summed E-state index contributed by atoms with van der Waals surface area (Å²) >= 11 is 0.